The number of carbonyl (C=O) groups excluding carboxylic acids is 1. The summed E-state index contributed by atoms with van der Waals surface area (Å²) in [5, 5.41) is 7.60. The molecule has 1 N–H and O–H groups in total. The summed E-state index contributed by atoms with van der Waals surface area (Å²) in [6.07, 6.45) is 2.76. The van der Waals surface area contributed by atoms with Crippen LogP contribution in [0.3, 0.4) is 0 Å². The fourth-order valence-electron chi connectivity index (χ4n) is 3.61. The summed E-state index contributed by atoms with van der Waals surface area (Å²) in [7, 11) is 0. The average Bonchev–Trinajstić information content (AvgIpc) is 3.25. The summed E-state index contributed by atoms with van der Waals surface area (Å²) in [6.45, 7) is 11.0. The third kappa shape index (κ3) is 3.59. The Balaban J connectivity index is 1.61. The molecule has 9 heteroatoms. The first-order valence-electron chi connectivity index (χ1n) is 9.53. The van der Waals surface area contributed by atoms with Crippen molar-refractivity contribution >= 4 is 39.1 Å². The van der Waals surface area contributed by atoms with Crippen molar-refractivity contribution in [1.82, 2.24) is 20.0 Å². The summed E-state index contributed by atoms with van der Waals surface area (Å²) in [5.74, 6) is 1.79. The molecule has 1 fully saturated rings. The van der Waals surface area contributed by atoms with E-state index in [0.29, 0.717) is 16.5 Å². The zero-order valence-corrected chi connectivity index (χ0v) is 17.2. The molecule has 1 aliphatic heterocycles. The molecule has 1 saturated heterocycles. The Labute approximate surface area is 167 Å². The van der Waals surface area contributed by atoms with Crippen molar-refractivity contribution in [3.63, 3.8) is 0 Å². The van der Waals surface area contributed by atoms with Gasteiger partial charge in [0.05, 0.1) is 10.3 Å². The lowest BCUT2D eigenvalue weighted by Gasteiger charge is -2.35. The third-order valence-electron chi connectivity index (χ3n) is 4.99. The Kier molecular flexibility index (Phi) is 5.27. The van der Waals surface area contributed by atoms with E-state index in [1.165, 1.54) is 17.8 Å². The van der Waals surface area contributed by atoms with E-state index in [2.05, 4.69) is 37.2 Å². The van der Waals surface area contributed by atoms with Gasteiger partial charge in [-0.15, -0.1) is 11.3 Å². The molecule has 0 aliphatic carbocycles. The number of aromatic nitrogens is 3. The largest absolute Gasteiger partial charge is 0.360 e. The zero-order chi connectivity index (χ0) is 19.7. The van der Waals surface area contributed by atoms with Crippen molar-refractivity contribution in [3.05, 3.63) is 28.6 Å². The van der Waals surface area contributed by atoms with Gasteiger partial charge >= 0.3 is 0 Å². The number of piperazine rings is 1. The Morgan fingerprint density at radius 1 is 1.25 bits per heavy atom. The highest BCUT2D eigenvalue weighted by molar-refractivity contribution is 7.20. The predicted octanol–water partition coefficient (Wildman–Crippen LogP) is 3.08. The third-order valence-corrected chi connectivity index (χ3v) is 6.19. The van der Waals surface area contributed by atoms with E-state index in [0.717, 1.165) is 54.3 Å². The smallest absolute Gasteiger partial charge is 0.267 e. The molecule has 0 atom stereocenters. The molecule has 148 valence electrons. The van der Waals surface area contributed by atoms with Crippen LogP contribution < -0.4 is 10.2 Å². The Morgan fingerprint density at radius 3 is 2.71 bits per heavy atom. The van der Waals surface area contributed by atoms with E-state index in [9.17, 15) is 4.79 Å². The van der Waals surface area contributed by atoms with Gasteiger partial charge in [0, 0.05) is 32.2 Å². The monoisotopic (exact) mass is 400 g/mol. The molecule has 0 saturated carbocycles. The number of nitrogens with zero attached hydrogens (tertiary/aromatic N) is 5. The molecule has 0 aromatic carbocycles. The number of hydrogen-bond acceptors (Lipinski definition) is 8. The summed E-state index contributed by atoms with van der Waals surface area (Å²) in [6, 6.07) is 1.70. The minimum atomic E-state index is -0.201. The normalized spacial score (nSPS) is 15.3. The van der Waals surface area contributed by atoms with E-state index in [-0.39, 0.29) is 5.91 Å². The van der Waals surface area contributed by atoms with Crippen LogP contribution in [0.5, 0.6) is 0 Å². The lowest BCUT2D eigenvalue weighted by Crippen LogP contribution is -2.46. The molecular formula is C19H24N6O2S. The van der Waals surface area contributed by atoms with Crippen LogP contribution in [-0.4, -0.2) is 58.7 Å². The molecule has 1 amide bonds. The maximum atomic E-state index is 12.8. The number of amides is 1. The fraction of sp³-hybridized carbons (Fsp3) is 0.474. The number of anilines is 2. The highest BCUT2D eigenvalue weighted by Crippen LogP contribution is 2.35. The molecule has 0 spiro atoms. The van der Waals surface area contributed by atoms with Crippen LogP contribution in [0, 0.1) is 13.8 Å². The molecule has 3 aromatic rings. The predicted molar refractivity (Wildman–Crippen MR) is 110 cm³/mol. The highest BCUT2D eigenvalue weighted by Gasteiger charge is 2.24. The van der Waals surface area contributed by atoms with Crippen molar-refractivity contribution in [3.8, 4) is 0 Å². The minimum absolute atomic E-state index is 0.201. The number of thiophene rings is 1. The van der Waals surface area contributed by atoms with Gasteiger partial charge in [-0.1, -0.05) is 12.1 Å². The van der Waals surface area contributed by atoms with Crippen LogP contribution in [0.4, 0.5) is 11.6 Å². The van der Waals surface area contributed by atoms with E-state index >= 15 is 0 Å². The first-order chi connectivity index (χ1) is 13.6. The quantitative estimate of drug-likeness (QED) is 0.704. The standard InChI is InChI=1S/C19H24N6O2S/c1-4-5-24-6-8-25(9-7-24)17-15-13(3)16(28-19(15)21-11-20-17)18(26)22-14-10-12(2)27-23-14/h10-11H,4-9H2,1-3H3,(H,22,23,26). The van der Waals surface area contributed by atoms with Gasteiger partial charge in [0.2, 0.25) is 0 Å². The van der Waals surface area contributed by atoms with Crippen molar-refractivity contribution in [2.75, 3.05) is 42.9 Å². The average molecular weight is 401 g/mol. The first kappa shape index (κ1) is 18.8. The second-order valence-corrected chi connectivity index (χ2v) is 8.04. The molecule has 1 aliphatic rings. The van der Waals surface area contributed by atoms with Crippen LogP contribution in [0.1, 0.15) is 34.3 Å². The molecule has 0 unspecified atom stereocenters. The first-order valence-corrected chi connectivity index (χ1v) is 10.3. The molecule has 4 rings (SSSR count). The number of aryl methyl sites for hydroxylation is 2. The Hall–Kier alpha value is -2.52. The van der Waals surface area contributed by atoms with Crippen LogP contribution in [-0.2, 0) is 0 Å². The highest BCUT2D eigenvalue weighted by atomic mass is 32.1. The lowest BCUT2D eigenvalue weighted by atomic mass is 10.1. The van der Waals surface area contributed by atoms with Crippen molar-refractivity contribution in [2.24, 2.45) is 0 Å². The van der Waals surface area contributed by atoms with E-state index in [1.54, 1.807) is 19.3 Å². The topological polar surface area (TPSA) is 87.4 Å². The fourth-order valence-corrected chi connectivity index (χ4v) is 4.65. The minimum Gasteiger partial charge on any atom is -0.360 e. The molecule has 4 heterocycles. The van der Waals surface area contributed by atoms with E-state index < -0.39 is 0 Å². The summed E-state index contributed by atoms with van der Waals surface area (Å²) >= 11 is 1.39. The number of hydrogen-bond donors (Lipinski definition) is 1. The maximum absolute atomic E-state index is 12.8. The van der Waals surface area contributed by atoms with Crippen LogP contribution >= 0.6 is 11.3 Å². The van der Waals surface area contributed by atoms with Gasteiger partial charge in [-0.3, -0.25) is 9.69 Å². The Morgan fingerprint density at radius 2 is 2.04 bits per heavy atom. The maximum Gasteiger partial charge on any atom is 0.267 e. The summed E-state index contributed by atoms with van der Waals surface area (Å²) in [4.78, 5) is 28.0. The number of rotatable bonds is 5. The van der Waals surface area contributed by atoms with E-state index in [4.69, 9.17) is 4.52 Å². The number of carbonyl (C=O) groups is 1. The second kappa shape index (κ2) is 7.84. The number of fused-ring (bicyclic) bond motifs is 1. The van der Waals surface area contributed by atoms with Crippen molar-refractivity contribution in [2.45, 2.75) is 27.2 Å². The van der Waals surface area contributed by atoms with Gasteiger partial charge in [-0.05, 0) is 32.4 Å². The van der Waals surface area contributed by atoms with Crippen molar-refractivity contribution in [1.29, 1.82) is 0 Å². The molecular weight excluding hydrogens is 376 g/mol. The Bertz CT molecular complexity index is 990. The molecule has 0 bridgehead atoms. The van der Waals surface area contributed by atoms with Crippen LogP contribution in [0.15, 0.2) is 16.9 Å². The van der Waals surface area contributed by atoms with Crippen LogP contribution in [0.2, 0.25) is 0 Å². The van der Waals surface area contributed by atoms with Gasteiger partial charge in [-0.2, -0.15) is 0 Å². The van der Waals surface area contributed by atoms with E-state index in [1.807, 2.05) is 6.92 Å². The van der Waals surface area contributed by atoms with Gasteiger partial charge in [0.15, 0.2) is 5.82 Å². The second-order valence-electron chi connectivity index (χ2n) is 7.04. The van der Waals surface area contributed by atoms with Gasteiger partial charge in [0.25, 0.3) is 5.91 Å². The molecule has 3 aromatic heterocycles. The number of nitrogens with one attached hydrogen (secondary N) is 1. The SMILES string of the molecule is CCCN1CCN(c2ncnc3sc(C(=O)Nc4cc(C)on4)c(C)c23)CC1. The molecule has 8 nitrogen and oxygen atoms in total. The lowest BCUT2D eigenvalue weighted by molar-refractivity contribution is 0.102. The van der Waals surface area contributed by atoms with Gasteiger partial charge < -0.3 is 14.7 Å². The summed E-state index contributed by atoms with van der Waals surface area (Å²) < 4.78 is 5.02. The van der Waals surface area contributed by atoms with Crippen LogP contribution in [0.25, 0.3) is 10.2 Å². The van der Waals surface area contributed by atoms with Crippen molar-refractivity contribution < 1.29 is 9.32 Å². The molecule has 0 radical (unpaired) electrons. The summed E-state index contributed by atoms with van der Waals surface area (Å²) in [5.41, 5.74) is 0.907. The van der Waals surface area contributed by atoms with Gasteiger partial charge in [0.1, 0.15) is 22.7 Å². The molecule has 28 heavy (non-hydrogen) atoms. The zero-order valence-electron chi connectivity index (χ0n) is 16.4. The van der Waals surface area contributed by atoms with Gasteiger partial charge in [-0.25, -0.2) is 9.97 Å².